The van der Waals surface area contributed by atoms with E-state index in [1.54, 1.807) is 11.8 Å². The number of sulfonamides is 1. The molecule has 170 valence electrons. The molecule has 1 saturated carbocycles. The Bertz CT molecular complexity index is 788. The van der Waals surface area contributed by atoms with Crippen LogP contribution in [0.5, 0.6) is 0 Å². The highest BCUT2D eigenvalue weighted by atomic mass is 35.5. The lowest BCUT2D eigenvalue weighted by Gasteiger charge is -2.35. The van der Waals surface area contributed by atoms with Crippen molar-refractivity contribution in [1.82, 2.24) is 10.0 Å². The number of sulfone groups is 1. The number of rotatable bonds is 6. The van der Waals surface area contributed by atoms with Gasteiger partial charge in [0, 0.05) is 18.3 Å². The van der Waals surface area contributed by atoms with Crippen molar-refractivity contribution in [2.75, 3.05) is 18.8 Å². The molecular formula is C16H26ClF3N2O4S3. The zero-order valence-electron chi connectivity index (χ0n) is 15.7. The summed E-state index contributed by atoms with van der Waals surface area (Å²) in [6, 6.07) is 0. The van der Waals surface area contributed by atoms with E-state index in [0.29, 0.717) is 6.54 Å². The average molecular weight is 499 g/mol. The van der Waals surface area contributed by atoms with Gasteiger partial charge >= 0.3 is 6.18 Å². The Balaban J connectivity index is 1.59. The molecule has 2 heterocycles. The van der Waals surface area contributed by atoms with E-state index in [4.69, 9.17) is 11.6 Å². The van der Waals surface area contributed by atoms with Crippen LogP contribution in [0.25, 0.3) is 0 Å². The van der Waals surface area contributed by atoms with E-state index in [9.17, 15) is 30.0 Å². The van der Waals surface area contributed by atoms with Crippen molar-refractivity contribution in [3.05, 3.63) is 0 Å². The third kappa shape index (κ3) is 5.54. The first kappa shape index (κ1) is 23.9. The van der Waals surface area contributed by atoms with E-state index >= 15 is 0 Å². The molecule has 0 spiro atoms. The predicted octanol–water partition coefficient (Wildman–Crippen LogP) is 2.24. The molecule has 6 nitrogen and oxygen atoms in total. The molecule has 3 rings (SSSR count). The fourth-order valence-electron chi connectivity index (χ4n) is 4.26. The van der Waals surface area contributed by atoms with E-state index in [1.807, 2.05) is 0 Å². The molecule has 3 fully saturated rings. The van der Waals surface area contributed by atoms with Crippen LogP contribution in [0.2, 0.25) is 0 Å². The number of halogens is 4. The van der Waals surface area contributed by atoms with Gasteiger partial charge in [0.2, 0.25) is 10.0 Å². The number of hydrogen-bond donors (Lipinski definition) is 2. The van der Waals surface area contributed by atoms with Gasteiger partial charge in [-0.1, -0.05) is 0 Å². The fourth-order valence-corrected chi connectivity index (χ4v) is 10.3. The molecule has 2 aliphatic heterocycles. The molecule has 6 atom stereocenters. The van der Waals surface area contributed by atoms with E-state index < -0.39 is 66.2 Å². The molecule has 0 amide bonds. The standard InChI is InChI=1S/C16H26ClF3N2O4S3/c17-14-6-10(16(18,19)20)8-21-15(14)28(23,24)12-3-4-13(7-12)29(25,26)22-9-11-2-1-5-27-11/h10-15,21-22H,1-9H2. The first-order valence-corrected chi connectivity index (χ1v) is 14.3. The van der Waals surface area contributed by atoms with Gasteiger partial charge in [0.05, 0.1) is 21.8 Å². The molecular weight excluding hydrogens is 473 g/mol. The Hall–Kier alpha value is 0.250. The molecule has 0 aromatic heterocycles. The molecule has 2 N–H and O–H groups in total. The van der Waals surface area contributed by atoms with Gasteiger partial charge in [0.1, 0.15) is 5.37 Å². The minimum absolute atomic E-state index is 0.0556. The zero-order chi connectivity index (χ0) is 21.4. The van der Waals surface area contributed by atoms with Crippen molar-refractivity contribution in [1.29, 1.82) is 0 Å². The Morgan fingerprint density at radius 1 is 1.07 bits per heavy atom. The van der Waals surface area contributed by atoms with E-state index in [0.717, 1.165) is 18.6 Å². The topological polar surface area (TPSA) is 92.3 Å². The molecule has 0 radical (unpaired) electrons. The van der Waals surface area contributed by atoms with Gasteiger partial charge in [0.15, 0.2) is 9.84 Å². The maximum absolute atomic E-state index is 12.9. The van der Waals surface area contributed by atoms with Crippen molar-refractivity contribution >= 4 is 43.2 Å². The molecule has 0 aromatic rings. The van der Waals surface area contributed by atoms with Gasteiger partial charge in [-0.3, -0.25) is 5.32 Å². The van der Waals surface area contributed by atoms with Crippen LogP contribution in [0.3, 0.4) is 0 Å². The summed E-state index contributed by atoms with van der Waals surface area (Å²) in [5.74, 6) is -0.676. The summed E-state index contributed by atoms with van der Waals surface area (Å²) >= 11 is 7.75. The first-order chi connectivity index (χ1) is 13.4. The zero-order valence-corrected chi connectivity index (χ0v) is 18.9. The molecule has 29 heavy (non-hydrogen) atoms. The van der Waals surface area contributed by atoms with Crippen molar-refractivity contribution < 1.29 is 30.0 Å². The first-order valence-electron chi connectivity index (χ1n) is 9.68. The smallest absolute Gasteiger partial charge is 0.299 e. The quantitative estimate of drug-likeness (QED) is 0.546. The Kier molecular flexibility index (Phi) is 7.43. The van der Waals surface area contributed by atoms with Crippen LogP contribution in [0.1, 0.15) is 38.5 Å². The largest absolute Gasteiger partial charge is 0.393 e. The molecule has 0 bridgehead atoms. The van der Waals surface area contributed by atoms with Crippen LogP contribution >= 0.6 is 23.4 Å². The van der Waals surface area contributed by atoms with Gasteiger partial charge in [-0.25, -0.2) is 21.6 Å². The minimum Gasteiger partial charge on any atom is -0.299 e. The number of nitrogens with one attached hydrogen (secondary N) is 2. The van der Waals surface area contributed by atoms with Crippen LogP contribution in [-0.4, -0.2) is 68.4 Å². The van der Waals surface area contributed by atoms with Gasteiger partial charge in [0.25, 0.3) is 0 Å². The molecule has 13 heteroatoms. The summed E-state index contributed by atoms with van der Waals surface area (Å²) in [6.45, 7) is -0.167. The van der Waals surface area contributed by atoms with Gasteiger partial charge in [-0.05, 0) is 44.3 Å². The maximum Gasteiger partial charge on any atom is 0.393 e. The van der Waals surface area contributed by atoms with Crippen molar-refractivity contribution in [2.45, 2.75) is 71.2 Å². The second kappa shape index (κ2) is 9.01. The SMILES string of the molecule is O=S(=O)(NCC1CCCS1)C1CCC(S(=O)(=O)C2NCC(C(F)(F)F)CC2Cl)C1. The summed E-state index contributed by atoms with van der Waals surface area (Å²) < 4.78 is 92.3. The summed E-state index contributed by atoms with van der Waals surface area (Å²) in [5.41, 5.74) is 0. The van der Waals surface area contributed by atoms with Gasteiger partial charge < -0.3 is 0 Å². The van der Waals surface area contributed by atoms with E-state index in [-0.39, 0.29) is 24.5 Å². The van der Waals surface area contributed by atoms with Gasteiger partial charge in [-0.2, -0.15) is 24.9 Å². The van der Waals surface area contributed by atoms with E-state index in [1.165, 1.54) is 0 Å². The Morgan fingerprint density at radius 2 is 1.76 bits per heavy atom. The number of thioether (sulfide) groups is 1. The van der Waals surface area contributed by atoms with Crippen molar-refractivity contribution in [2.24, 2.45) is 5.92 Å². The summed E-state index contributed by atoms with van der Waals surface area (Å²) in [6.07, 6.45) is -2.58. The van der Waals surface area contributed by atoms with Gasteiger partial charge in [-0.15, -0.1) is 11.6 Å². The second-order valence-corrected chi connectivity index (χ2v) is 14.4. The van der Waals surface area contributed by atoms with Crippen molar-refractivity contribution in [3.63, 3.8) is 0 Å². The monoisotopic (exact) mass is 498 g/mol. The lowest BCUT2D eigenvalue weighted by molar-refractivity contribution is -0.178. The number of alkyl halides is 4. The molecule has 2 saturated heterocycles. The minimum atomic E-state index is -4.44. The summed E-state index contributed by atoms with van der Waals surface area (Å²) in [7, 11) is -7.55. The number of hydrogen-bond acceptors (Lipinski definition) is 6. The van der Waals surface area contributed by atoms with Crippen LogP contribution in [0, 0.1) is 5.92 Å². The molecule has 0 aromatic carbocycles. The lowest BCUT2D eigenvalue weighted by Crippen LogP contribution is -2.55. The van der Waals surface area contributed by atoms with Crippen molar-refractivity contribution in [3.8, 4) is 0 Å². The second-order valence-electron chi connectivity index (χ2n) is 7.99. The van der Waals surface area contributed by atoms with Crippen LogP contribution < -0.4 is 10.0 Å². The summed E-state index contributed by atoms with van der Waals surface area (Å²) in [5, 5.41) is -1.55. The highest BCUT2D eigenvalue weighted by Gasteiger charge is 2.50. The average Bonchev–Trinajstić information content (AvgIpc) is 3.31. The van der Waals surface area contributed by atoms with Crippen LogP contribution in [-0.2, 0) is 19.9 Å². The third-order valence-corrected chi connectivity index (χ3v) is 12.4. The fraction of sp³-hybridized carbons (Fsp3) is 1.00. The molecule has 6 unspecified atom stereocenters. The Morgan fingerprint density at radius 3 is 2.34 bits per heavy atom. The number of piperidine rings is 1. The highest BCUT2D eigenvalue weighted by molar-refractivity contribution is 8.00. The highest BCUT2D eigenvalue weighted by Crippen LogP contribution is 2.38. The van der Waals surface area contributed by atoms with E-state index in [2.05, 4.69) is 10.0 Å². The van der Waals surface area contributed by atoms with Crippen LogP contribution in [0.15, 0.2) is 0 Å². The summed E-state index contributed by atoms with van der Waals surface area (Å²) in [4.78, 5) is 0. The van der Waals surface area contributed by atoms with Crippen LogP contribution in [0.4, 0.5) is 13.2 Å². The third-order valence-electron chi connectivity index (χ3n) is 6.00. The lowest BCUT2D eigenvalue weighted by atomic mass is 9.99. The normalized spacial score (nSPS) is 37.1. The predicted molar refractivity (Wildman–Crippen MR) is 108 cm³/mol. The Labute approximate surface area is 179 Å². The maximum atomic E-state index is 12.9. The molecule has 3 aliphatic rings. The molecule has 1 aliphatic carbocycles.